The van der Waals surface area contributed by atoms with Crippen molar-refractivity contribution in [1.29, 1.82) is 5.26 Å². The molecule has 0 saturated heterocycles. The summed E-state index contributed by atoms with van der Waals surface area (Å²) in [7, 11) is 0. The Labute approximate surface area is 107 Å². The SMILES string of the molecule is C=C(C)CSc1nc2c(cc1C#N)CCCC2. The molecule has 0 radical (unpaired) electrons. The first-order chi connectivity index (χ1) is 8.20. The Balaban J connectivity index is 2.30. The van der Waals surface area contributed by atoms with Crippen LogP contribution < -0.4 is 0 Å². The van der Waals surface area contributed by atoms with Crippen molar-refractivity contribution in [1.82, 2.24) is 4.98 Å². The number of hydrogen-bond acceptors (Lipinski definition) is 3. The standard InChI is InChI=1S/C14H16N2S/c1-10(2)9-17-14-12(8-15)7-11-5-3-4-6-13(11)16-14/h7H,1,3-6,9H2,2H3. The zero-order chi connectivity index (χ0) is 12.3. The van der Waals surface area contributed by atoms with Crippen LogP contribution in [0, 0.1) is 11.3 Å². The van der Waals surface area contributed by atoms with E-state index in [-0.39, 0.29) is 0 Å². The van der Waals surface area contributed by atoms with Crippen LogP contribution in [0.1, 0.15) is 36.6 Å². The Morgan fingerprint density at radius 3 is 3.00 bits per heavy atom. The molecule has 0 atom stereocenters. The van der Waals surface area contributed by atoms with Crippen molar-refractivity contribution in [2.24, 2.45) is 0 Å². The van der Waals surface area contributed by atoms with Crippen LogP contribution in [0.5, 0.6) is 0 Å². The molecule has 1 heterocycles. The Bertz CT molecular complexity index is 486. The number of thioether (sulfide) groups is 1. The molecule has 0 bridgehead atoms. The summed E-state index contributed by atoms with van der Waals surface area (Å²) in [4.78, 5) is 4.66. The van der Waals surface area contributed by atoms with Crippen molar-refractivity contribution < 1.29 is 0 Å². The maximum atomic E-state index is 9.16. The van der Waals surface area contributed by atoms with Crippen molar-refractivity contribution >= 4 is 11.8 Å². The van der Waals surface area contributed by atoms with Crippen molar-refractivity contribution in [2.75, 3.05) is 5.75 Å². The van der Waals surface area contributed by atoms with Gasteiger partial charge in [-0.1, -0.05) is 12.2 Å². The number of fused-ring (bicyclic) bond motifs is 1. The highest BCUT2D eigenvalue weighted by atomic mass is 32.2. The molecule has 1 aliphatic carbocycles. The fourth-order valence-electron chi connectivity index (χ4n) is 2.00. The molecule has 0 fully saturated rings. The highest BCUT2D eigenvalue weighted by Crippen LogP contribution is 2.27. The third kappa shape index (κ3) is 2.89. The molecule has 17 heavy (non-hydrogen) atoms. The number of aromatic nitrogens is 1. The number of pyridine rings is 1. The summed E-state index contributed by atoms with van der Waals surface area (Å²) in [6.07, 6.45) is 4.57. The zero-order valence-electron chi connectivity index (χ0n) is 10.1. The molecule has 1 aromatic rings. The second-order valence-electron chi connectivity index (χ2n) is 4.51. The van der Waals surface area contributed by atoms with Crippen molar-refractivity contribution in [3.63, 3.8) is 0 Å². The molecule has 0 unspecified atom stereocenters. The fourth-order valence-corrected chi connectivity index (χ4v) is 2.81. The topological polar surface area (TPSA) is 36.7 Å². The largest absolute Gasteiger partial charge is 0.245 e. The van der Waals surface area contributed by atoms with Crippen LogP contribution in [0.15, 0.2) is 23.2 Å². The summed E-state index contributed by atoms with van der Waals surface area (Å²) in [6.45, 7) is 5.88. The van der Waals surface area contributed by atoms with Crippen molar-refractivity contribution in [3.8, 4) is 6.07 Å². The highest BCUT2D eigenvalue weighted by Gasteiger charge is 2.15. The fraction of sp³-hybridized carbons (Fsp3) is 0.429. The average Bonchev–Trinajstić information content (AvgIpc) is 2.35. The van der Waals surface area contributed by atoms with Gasteiger partial charge >= 0.3 is 0 Å². The number of rotatable bonds is 3. The molecule has 0 spiro atoms. The second kappa shape index (κ2) is 5.37. The predicted octanol–water partition coefficient (Wildman–Crippen LogP) is 3.50. The normalized spacial score (nSPS) is 13.9. The lowest BCUT2D eigenvalue weighted by molar-refractivity contribution is 0.660. The molecule has 0 amide bonds. The van der Waals surface area contributed by atoms with Gasteiger partial charge in [0.1, 0.15) is 11.1 Å². The van der Waals surface area contributed by atoms with Crippen molar-refractivity contribution in [2.45, 2.75) is 37.6 Å². The van der Waals surface area contributed by atoms with Crippen LogP contribution in [-0.2, 0) is 12.8 Å². The van der Waals surface area contributed by atoms with Gasteiger partial charge in [0.15, 0.2) is 0 Å². The third-order valence-corrected chi connectivity index (χ3v) is 4.06. The van der Waals surface area contributed by atoms with E-state index in [9.17, 15) is 0 Å². The summed E-state index contributed by atoms with van der Waals surface area (Å²) in [5.74, 6) is 0.834. The van der Waals surface area contributed by atoms with Crippen LogP contribution in [0.4, 0.5) is 0 Å². The minimum Gasteiger partial charge on any atom is -0.245 e. The van der Waals surface area contributed by atoms with E-state index in [1.54, 1.807) is 11.8 Å². The molecule has 1 aliphatic rings. The Hall–Kier alpha value is -1.27. The predicted molar refractivity (Wildman–Crippen MR) is 71.1 cm³/mol. The van der Waals surface area contributed by atoms with Crippen molar-refractivity contribution in [3.05, 3.63) is 35.0 Å². The Morgan fingerprint density at radius 2 is 2.29 bits per heavy atom. The lowest BCUT2D eigenvalue weighted by Crippen LogP contribution is -2.07. The van der Waals surface area contributed by atoms with Gasteiger partial charge in [0.25, 0.3) is 0 Å². The Morgan fingerprint density at radius 1 is 1.53 bits per heavy atom. The Kier molecular flexibility index (Phi) is 3.86. The minimum atomic E-state index is 0.719. The first kappa shape index (κ1) is 12.2. The summed E-state index contributed by atoms with van der Waals surface area (Å²) >= 11 is 1.62. The molecular weight excluding hydrogens is 228 g/mol. The van der Waals surface area contributed by atoms with Crippen LogP contribution in [-0.4, -0.2) is 10.7 Å². The van der Waals surface area contributed by atoms with Gasteiger partial charge in [0, 0.05) is 11.4 Å². The molecule has 0 aromatic carbocycles. The maximum Gasteiger partial charge on any atom is 0.114 e. The number of aryl methyl sites for hydroxylation is 2. The number of nitriles is 1. The second-order valence-corrected chi connectivity index (χ2v) is 5.48. The van der Waals surface area contributed by atoms with Crippen LogP contribution in [0.25, 0.3) is 0 Å². The lowest BCUT2D eigenvalue weighted by Gasteiger charge is -2.16. The van der Waals surface area contributed by atoms with E-state index in [4.69, 9.17) is 5.26 Å². The first-order valence-corrected chi connectivity index (χ1v) is 6.89. The van der Waals surface area contributed by atoms with Gasteiger partial charge in [0.2, 0.25) is 0 Å². The molecule has 0 N–H and O–H groups in total. The van der Waals surface area contributed by atoms with E-state index < -0.39 is 0 Å². The van der Waals surface area contributed by atoms with E-state index in [2.05, 4.69) is 17.6 Å². The molecule has 88 valence electrons. The lowest BCUT2D eigenvalue weighted by atomic mass is 9.95. The average molecular weight is 244 g/mol. The minimum absolute atomic E-state index is 0.719. The quantitative estimate of drug-likeness (QED) is 0.603. The van der Waals surface area contributed by atoms with Gasteiger partial charge in [-0.05, 0) is 44.2 Å². The monoisotopic (exact) mass is 244 g/mol. The highest BCUT2D eigenvalue weighted by molar-refractivity contribution is 7.99. The first-order valence-electron chi connectivity index (χ1n) is 5.91. The van der Waals surface area contributed by atoms with Gasteiger partial charge < -0.3 is 0 Å². The molecule has 1 aromatic heterocycles. The van der Waals surface area contributed by atoms with Gasteiger partial charge in [-0.15, -0.1) is 11.8 Å². The summed E-state index contributed by atoms with van der Waals surface area (Å²) in [5, 5.41) is 10.0. The van der Waals surface area contributed by atoms with Gasteiger partial charge in [-0.2, -0.15) is 5.26 Å². The summed E-state index contributed by atoms with van der Waals surface area (Å²) in [5.41, 5.74) is 4.29. The number of hydrogen-bond donors (Lipinski definition) is 0. The molecule has 3 heteroatoms. The smallest absolute Gasteiger partial charge is 0.114 e. The maximum absolute atomic E-state index is 9.16. The van der Waals surface area contributed by atoms with Gasteiger partial charge in [0.05, 0.1) is 5.56 Å². The van der Waals surface area contributed by atoms with Crippen LogP contribution in [0.3, 0.4) is 0 Å². The van der Waals surface area contributed by atoms with Crippen LogP contribution in [0.2, 0.25) is 0 Å². The van der Waals surface area contributed by atoms with Gasteiger partial charge in [-0.3, -0.25) is 0 Å². The third-order valence-electron chi connectivity index (χ3n) is 2.84. The van der Waals surface area contributed by atoms with Crippen LogP contribution >= 0.6 is 11.8 Å². The number of nitrogens with zero attached hydrogens (tertiary/aromatic N) is 2. The summed E-state index contributed by atoms with van der Waals surface area (Å²) in [6, 6.07) is 4.29. The molecule has 2 nitrogen and oxygen atoms in total. The van der Waals surface area contributed by atoms with E-state index in [1.165, 1.54) is 24.1 Å². The van der Waals surface area contributed by atoms with E-state index in [1.807, 2.05) is 13.0 Å². The van der Waals surface area contributed by atoms with Gasteiger partial charge in [-0.25, -0.2) is 4.98 Å². The molecular formula is C14H16N2S. The molecule has 0 aliphatic heterocycles. The van der Waals surface area contributed by atoms with E-state index in [0.717, 1.165) is 34.8 Å². The molecule has 0 saturated carbocycles. The van der Waals surface area contributed by atoms with E-state index in [0.29, 0.717) is 0 Å². The van der Waals surface area contributed by atoms with E-state index >= 15 is 0 Å². The molecule has 2 rings (SSSR count). The zero-order valence-corrected chi connectivity index (χ0v) is 10.9. The summed E-state index contributed by atoms with van der Waals surface area (Å²) < 4.78 is 0.